The summed E-state index contributed by atoms with van der Waals surface area (Å²) in [5.41, 5.74) is 0. The summed E-state index contributed by atoms with van der Waals surface area (Å²) in [5, 5.41) is 2.51. The van der Waals surface area contributed by atoms with Gasteiger partial charge in [-0.1, -0.05) is 0 Å². The van der Waals surface area contributed by atoms with Gasteiger partial charge >= 0.3 is 0 Å². The molecular weight excluding hydrogens is 233 g/mol. The highest BCUT2D eigenvalue weighted by Gasteiger charge is 2.39. The largest absolute Gasteiger partial charge is 0.300 e. The van der Waals surface area contributed by atoms with Crippen molar-refractivity contribution in [1.29, 1.82) is 0 Å². The minimum absolute atomic E-state index is 0.438. The second-order valence-electron chi connectivity index (χ2n) is 2.57. The third-order valence-electron chi connectivity index (χ3n) is 1.76. The van der Waals surface area contributed by atoms with E-state index in [-0.39, 0.29) is 0 Å². The highest BCUT2D eigenvalue weighted by molar-refractivity contribution is 6.18. The van der Waals surface area contributed by atoms with Crippen LogP contribution in [0.4, 0.5) is 0 Å². The third kappa shape index (κ3) is 1.94. The van der Waals surface area contributed by atoms with Crippen molar-refractivity contribution in [3.8, 4) is 0 Å². The van der Waals surface area contributed by atoms with Gasteiger partial charge in [0.15, 0.2) is 25.0 Å². The fraction of sp³-hybridized carbons (Fsp3) is 0.500. The lowest BCUT2D eigenvalue weighted by Crippen LogP contribution is -2.66. The molecule has 0 aliphatic carbocycles. The molecule has 1 N–H and O–H groups in total. The predicted octanol–water partition coefficient (Wildman–Crippen LogP) is -0.924. The molecular formula is C6H7Cl2N3O3. The molecule has 1 aliphatic rings. The van der Waals surface area contributed by atoms with Crippen LogP contribution in [0.2, 0.25) is 0 Å². The summed E-state index contributed by atoms with van der Waals surface area (Å²) < 4.78 is 1.79. The Kier molecular flexibility index (Phi) is 3.97. The minimum Gasteiger partial charge on any atom is -0.300 e. The molecule has 2 atom stereocenters. The van der Waals surface area contributed by atoms with Gasteiger partial charge in [-0.05, 0) is 23.6 Å². The normalized spacial score (nSPS) is 35.1. The molecule has 1 saturated heterocycles. The van der Waals surface area contributed by atoms with Gasteiger partial charge in [0.05, 0.1) is 0 Å². The van der Waals surface area contributed by atoms with E-state index in [1.807, 2.05) is 0 Å². The fourth-order valence-electron chi connectivity index (χ4n) is 1.06. The third-order valence-corrected chi connectivity index (χ3v) is 2.58. The molecule has 0 bridgehead atoms. The zero-order chi connectivity index (χ0) is 10.7. The average Bonchev–Trinajstić information content (AvgIpc) is 2.19. The van der Waals surface area contributed by atoms with Gasteiger partial charge in [0, 0.05) is 0 Å². The summed E-state index contributed by atoms with van der Waals surface area (Å²) in [7, 11) is 0. The van der Waals surface area contributed by atoms with Crippen LogP contribution in [0.5, 0.6) is 0 Å². The molecule has 1 heterocycles. The Morgan fingerprint density at radius 2 is 1.36 bits per heavy atom. The molecule has 0 spiro atoms. The SMILES string of the molecule is O=CC1NC(C=O)N(Cl)C(C=O)N1Cl. The number of hydrogen-bond acceptors (Lipinski definition) is 6. The van der Waals surface area contributed by atoms with Gasteiger partial charge in [-0.25, -0.2) is 0 Å². The number of rotatable bonds is 3. The zero-order valence-corrected chi connectivity index (χ0v) is 8.35. The quantitative estimate of drug-likeness (QED) is 0.508. The first kappa shape index (κ1) is 11.5. The lowest BCUT2D eigenvalue weighted by molar-refractivity contribution is -0.128. The van der Waals surface area contributed by atoms with Crippen molar-refractivity contribution in [2.45, 2.75) is 18.5 Å². The smallest absolute Gasteiger partial charge is 0.154 e. The van der Waals surface area contributed by atoms with Crippen LogP contribution in [0.15, 0.2) is 0 Å². The Bertz CT molecular complexity index is 232. The molecule has 0 saturated carbocycles. The van der Waals surface area contributed by atoms with Crippen LogP contribution in [0.25, 0.3) is 0 Å². The van der Waals surface area contributed by atoms with Crippen LogP contribution in [0, 0.1) is 0 Å². The predicted molar refractivity (Wildman–Crippen MR) is 48.1 cm³/mol. The minimum atomic E-state index is -1.02. The van der Waals surface area contributed by atoms with E-state index < -0.39 is 18.5 Å². The first-order chi connectivity index (χ1) is 6.65. The van der Waals surface area contributed by atoms with Crippen molar-refractivity contribution in [3.05, 3.63) is 0 Å². The monoisotopic (exact) mass is 239 g/mol. The molecule has 2 unspecified atom stereocenters. The molecule has 0 radical (unpaired) electrons. The van der Waals surface area contributed by atoms with Gasteiger partial charge < -0.3 is 9.59 Å². The summed E-state index contributed by atoms with van der Waals surface area (Å²) in [6.45, 7) is 0. The van der Waals surface area contributed by atoms with Gasteiger partial charge in [-0.15, -0.1) is 0 Å². The van der Waals surface area contributed by atoms with Gasteiger partial charge in [-0.3, -0.25) is 10.1 Å². The lowest BCUT2D eigenvalue weighted by atomic mass is 10.3. The number of nitrogens with one attached hydrogen (secondary N) is 1. The van der Waals surface area contributed by atoms with Crippen molar-refractivity contribution in [1.82, 2.24) is 14.2 Å². The van der Waals surface area contributed by atoms with Gasteiger partial charge in [0.25, 0.3) is 0 Å². The molecule has 0 aromatic heterocycles. The number of carbonyl (C=O) groups excluding carboxylic acids is 3. The van der Waals surface area contributed by atoms with E-state index >= 15 is 0 Å². The Labute approximate surface area is 89.9 Å². The van der Waals surface area contributed by atoms with Gasteiger partial charge in [0.1, 0.15) is 12.3 Å². The molecule has 0 aromatic carbocycles. The fourth-order valence-corrected chi connectivity index (χ4v) is 1.59. The summed E-state index contributed by atoms with van der Waals surface area (Å²) in [6.07, 6.45) is -1.47. The summed E-state index contributed by atoms with van der Waals surface area (Å²) in [5.74, 6) is 0. The molecule has 0 amide bonds. The number of carbonyl (C=O) groups is 3. The molecule has 1 rings (SSSR count). The highest BCUT2D eigenvalue weighted by Crippen LogP contribution is 2.19. The average molecular weight is 240 g/mol. The van der Waals surface area contributed by atoms with Crippen LogP contribution in [-0.2, 0) is 14.4 Å². The Balaban J connectivity index is 2.87. The first-order valence-corrected chi connectivity index (χ1v) is 4.33. The van der Waals surface area contributed by atoms with Crippen molar-refractivity contribution >= 4 is 42.4 Å². The molecule has 1 aliphatic heterocycles. The van der Waals surface area contributed by atoms with E-state index in [4.69, 9.17) is 23.6 Å². The zero-order valence-electron chi connectivity index (χ0n) is 6.84. The number of nitrogens with zero attached hydrogens (tertiary/aromatic N) is 2. The van der Waals surface area contributed by atoms with Crippen LogP contribution in [0.3, 0.4) is 0 Å². The summed E-state index contributed by atoms with van der Waals surface area (Å²) in [6, 6.07) is 0. The molecule has 0 aromatic rings. The van der Waals surface area contributed by atoms with E-state index in [1.54, 1.807) is 0 Å². The maximum atomic E-state index is 10.6. The Morgan fingerprint density at radius 1 is 0.929 bits per heavy atom. The maximum Gasteiger partial charge on any atom is 0.154 e. The highest BCUT2D eigenvalue weighted by atomic mass is 35.5. The molecule has 1 fully saturated rings. The van der Waals surface area contributed by atoms with Crippen LogP contribution >= 0.6 is 23.6 Å². The summed E-state index contributed by atoms with van der Waals surface area (Å²) >= 11 is 11.3. The lowest BCUT2D eigenvalue weighted by Gasteiger charge is -2.40. The van der Waals surface area contributed by atoms with E-state index in [9.17, 15) is 14.4 Å². The van der Waals surface area contributed by atoms with Gasteiger partial charge in [-0.2, -0.15) is 8.84 Å². The second-order valence-corrected chi connectivity index (χ2v) is 3.35. The van der Waals surface area contributed by atoms with E-state index in [2.05, 4.69) is 5.32 Å². The Hall–Kier alpha value is -0.530. The van der Waals surface area contributed by atoms with Crippen LogP contribution in [0.1, 0.15) is 0 Å². The topological polar surface area (TPSA) is 69.7 Å². The first-order valence-electron chi connectivity index (χ1n) is 3.66. The standard InChI is InChI=1S/C6H7Cl2N3O3/c7-10-4(1-12)9-5(2-13)11(8)6(10)3-14/h1-6,9H. The summed E-state index contributed by atoms with van der Waals surface area (Å²) in [4.78, 5) is 31.6. The van der Waals surface area contributed by atoms with Gasteiger partial charge in [0.2, 0.25) is 0 Å². The molecule has 8 heteroatoms. The van der Waals surface area contributed by atoms with Crippen LogP contribution in [-0.4, -0.2) is 46.2 Å². The van der Waals surface area contributed by atoms with E-state index in [0.29, 0.717) is 18.9 Å². The van der Waals surface area contributed by atoms with Crippen molar-refractivity contribution in [2.24, 2.45) is 0 Å². The molecule has 78 valence electrons. The molecule has 6 nitrogen and oxygen atoms in total. The second kappa shape index (κ2) is 4.81. The molecule has 14 heavy (non-hydrogen) atoms. The van der Waals surface area contributed by atoms with E-state index in [1.165, 1.54) is 0 Å². The van der Waals surface area contributed by atoms with Crippen molar-refractivity contribution < 1.29 is 14.4 Å². The van der Waals surface area contributed by atoms with E-state index in [0.717, 1.165) is 8.84 Å². The van der Waals surface area contributed by atoms with Crippen LogP contribution < -0.4 is 5.32 Å². The Morgan fingerprint density at radius 3 is 1.64 bits per heavy atom. The number of aldehydes is 3. The number of hydrogen-bond donors (Lipinski definition) is 1. The maximum absolute atomic E-state index is 10.6. The van der Waals surface area contributed by atoms with Crippen molar-refractivity contribution in [3.63, 3.8) is 0 Å². The number of halogens is 2. The van der Waals surface area contributed by atoms with Crippen molar-refractivity contribution in [2.75, 3.05) is 0 Å².